The molecule has 0 bridgehead atoms. The van der Waals surface area contributed by atoms with Gasteiger partial charge in [-0.25, -0.2) is 0 Å². The Labute approximate surface area is 99.0 Å². The minimum atomic E-state index is 0.176. The molecule has 0 unspecified atom stereocenters. The number of carbonyl (C=O) groups excluding carboxylic acids is 1. The third kappa shape index (κ3) is 2.36. The number of hydrogen-bond donors (Lipinski definition) is 0. The van der Waals surface area contributed by atoms with Gasteiger partial charge in [0.1, 0.15) is 0 Å². The SMILES string of the molecule is Cc1cc(C(=O)Cc2cccnc2)c(C)s1. The van der Waals surface area contributed by atoms with Gasteiger partial charge in [-0.2, -0.15) is 0 Å². The van der Waals surface area contributed by atoms with Crippen molar-refractivity contribution < 1.29 is 4.79 Å². The number of aryl methyl sites for hydroxylation is 2. The number of rotatable bonds is 3. The van der Waals surface area contributed by atoms with Crippen LogP contribution in [0.4, 0.5) is 0 Å². The molecular weight excluding hydrogens is 218 g/mol. The van der Waals surface area contributed by atoms with Crippen molar-refractivity contribution in [2.24, 2.45) is 0 Å². The Morgan fingerprint density at radius 2 is 2.25 bits per heavy atom. The second-order valence-corrected chi connectivity index (χ2v) is 5.25. The third-order valence-corrected chi connectivity index (χ3v) is 3.39. The molecule has 0 aromatic carbocycles. The van der Waals surface area contributed by atoms with Gasteiger partial charge in [-0.1, -0.05) is 6.07 Å². The summed E-state index contributed by atoms with van der Waals surface area (Å²) in [5.41, 5.74) is 1.82. The van der Waals surface area contributed by atoms with E-state index in [2.05, 4.69) is 4.98 Å². The number of ketones is 1. The average molecular weight is 231 g/mol. The van der Waals surface area contributed by atoms with Crippen molar-refractivity contribution in [1.82, 2.24) is 4.98 Å². The normalized spacial score (nSPS) is 10.4. The highest BCUT2D eigenvalue weighted by atomic mass is 32.1. The molecule has 2 rings (SSSR count). The van der Waals surface area contributed by atoms with Crippen molar-refractivity contribution in [1.29, 1.82) is 0 Å². The summed E-state index contributed by atoms with van der Waals surface area (Å²) < 4.78 is 0. The van der Waals surface area contributed by atoms with Gasteiger partial charge >= 0.3 is 0 Å². The molecule has 0 saturated carbocycles. The molecule has 0 aliphatic rings. The van der Waals surface area contributed by atoms with Crippen molar-refractivity contribution in [3.8, 4) is 0 Å². The van der Waals surface area contributed by atoms with E-state index >= 15 is 0 Å². The summed E-state index contributed by atoms with van der Waals surface area (Å²) in [6.45, 7) is 4.02. The smallest absolute Gasteiger partial charge is 0.168 e. The Balaban J connectivity index is 2.18. The van der Waals surface area contributed by atoms with E-state index in [1.807, 2.05) is 32.0 Å². The predicted molar refractivity (Wildman–Crippen MR) is 66.1 cm³/mol. The van der Waals surface area contributed by atoms with Crippen molar-refractivity contribution >= 4 is 17.1 Å². The summed E-state index contributed by atoms with van der Waals surface area (Å²) in [7, 11) is 0. The number of aromatic nitrogens is 1. The summed E-state index contributed by atoms with van der Waals surface area (Å²) in [5, 5.41) is 0. The number of nitrogens with zero attached hydrogens (tertiary/aromatic N) is 1. The van der Waals surface area contributed by atoms with E-state index in [1.54, 1.807) is 23.7 Å². The van der Waals surface area contributed by atoms with Gasteiger partial charge in [0.25, 0.3) is 0 Å². The lowest BCUT2D eigenvalue weighted by Crippen LogP contribution is -2.03. The van der Waals surface area contributed by atoms with Crippen LogP contribution >= 0.6 is 11.3 Å². The second kappa shape index (κ2) is 4.58. The summed E-state index contributed by atoms with van der Waals surface area (Å²) in [6.07, 6.45) is 3.89. The summed E-state index contributed by atoms with van der Waals surface area (Å²) in [5.74, 6) is 0.176. The van der Waals surface area contributed by atoms with Gasteiger partial charge in [0.2, 0.25) is 0 Å². The maximum Gasteiger partial charge on any atom is 0.168 e. The first-order valence-electron chi connectivity index (χ1n) is 5.16. The standard InChI is InChI=1S/C13H13NOS/c1-9-6-12(10(2)16-9)13(15)7-11-4-3-5-14-8-11/h3-6,8H,7H2,1-2H3. The van der Waals surface area contributed by atoms with Crippen LogP contribution in [0.3, 0.4) is 0 Å². The highest BCUT2D eigenvalue weighted by Gasteiger charge is 2.12. The zero-order valence-electron chi connectivity index (χ0n) is 9.36. The summed E-state index contributed by atoms with van der Waals surface area (Å²) >= 11 is 1.67. The number of carbonyl (C=O) groups is 1. The van der Waals surface area contributed by atoms with E-state index in [0.29, 0.717) is 6.42 Å². The molecular formula is C13H13NOS. The fraction of sp³-hybridized carbons (Fsp3) is 0.231. The summed E-state index contributed by atoms with van der Waals surface area (Å²) in [6, 6.07) is 5.76. The number of hydrogen-bond acceptors (Lipinski definition) is 3. The largest absolute Gasteiger partial charge is 0.294 e. The van der Waals surface area contributed by atoms with Crippen LogP contribution in [0.15, 0.2) is 30.6 Å². The molecule has 0 fully saturated rings. The lowest BCUT2D eigenvalue weighted by Gasteiger charge is -1.99. The van der Waals surface area contributed by atoms with Crippen LogP contribution in [0.1, 0.15) is 25.7 Å². The maximum atomic E-state index is 12.0. The molecule has 2 aromatic rings. The Bertz CT molecular complexity index is 502. The predicted octanol–water partition coefficient (Wildman–Crippen LogP) is 3.19. The Morgan fingerprint density at radius 3 is 2.81 bits per heavy atom. The Kier molecular flexibility index (Phi) is 3.15. The molecule has 0 atom stereocenters. The molecule has 82 valence electrons. The van der Waals surface area contributed by atoms with Gasteiger partial charge in [0.05, 0.1) is 0 Å². The third-order valence-electron chi connectivity index (χ3n) is 2.43. The molecule has 2 aromatic heterocycles. The van der Waals surface area contributed by atoms with Crippen LogP contribution in [0.25, 0.3) is 0 Å². The van der Waals surface area contributed by atoms with Crippen LogP contribution in [0, 0.1) is 13.8 Å². The van der Waals surface area contributed by atoms with Crippen molar-refractivity contribution in [3.63, 3.8) is 0 Å². The van der Waals surface area contributed by atoms with Gasteiger partial charge in [0, 0.05) is 34.1 Å². The molecule has 16 heavy (non-hydrogen) atoms. The molecule has 0 spiro atoms. The topological polar surface area (TPSA) is 30.0 Å². The highest BCUT2D eigenvalue weighted by molar-refractivity contribution is 7.12. The van der Waals surface area contributed by atoms with Gasteiger partial charge < -0.3 is 0 Å². The van der Waals surface area contributed by atoms with E-state index in [-0.39, 0.29) is 5.78 Å². The zero-order chi connectivity index (χ0) is 11.5. The number of thiophene rings is 1. The summed E-state index contributed by atoms with van der Waals surface area (Å²) in [4.78, 5) is 18.3. The number of Topliss-reactive ketones (excluding diaryl/α,β-unsaturated/α-hetero) is 1. The lowest BCUT2D eigenvalue weighted by atomic mass is 10.1. The van der Waals surface area contributed by atoms with E-state index in [4.69, 9.17) is 0 Å². The molecule has 0 radical (unpaired) electrons. The fourth-order valence-electron chi connectivity index (χ4n) is 1.69. The molecule has 0 aliphatic heterocycles. The van der Waals surface area contributed by atoms with Crippen molar-refractivity contribution in [3.05, 3.63) is 51.5 Å². The average Bonchev–Trinajstić information content (AvgIpc) is 2.59. The Hall–Kier alpha value is -1.48. The van der Waals surface area contributed by atoms with Crippen LogP contribution in [-0.4, -0.2) is 10.8 Å². The van der Waals surface area contributed by atoms with Crippen molar-refractivity contribution in [2.75, 3.05) is 0 Å². The number of pyridine rings is 1. The quantitative estimate of drug-likeness (QED) is 0.759. The van der Waals surface area contributed by atoms with E-state index in [0.717, 1.165) is 16.0 Å². The van der Waals surface area contributed by atoms with E-state index in [9.17, 15) is 4.79 Å². The van der Waals surface area contributed by atoms with E-state index < -0.39 is 0 Å². The minimum absolute atomic E-state index is 0.176. The zero-order valence-corrected chi connectivity index (χ0v) is 10.2. The maximum absolute atomic E-state index is 12.0. The molecule has 0 aliphatic carbocycles. The van der Waals surface area contributed by atoms with Crippen LogP contribution in [-0.2, 0) is 6.42 Å². The van der Waals surface area contributed by atoms with Gasteiger partial charge in [-0.3, -0.25) is 9.78 Å². The molecule has 2 nitrogen and oxygen atoms in total. The van der Waals surface area contributed by atoms with Gasteiger partial charge in [0.15, 0.2) is 5.78 Å². The molecule has 3 heteroatoms. The van der Waals surface area contributed by atoms with Crippen LogP contribution < -0.4 is 0 Å². The minimum Gasteiger partial charge on any atom is -0.294 e. The highest BCUT2D eigenvalue weighted by Crippen LogP contribution is 2.21. The van der Waals surface area contributed by atoms with Crippen LogP contribution in [0.2, 0.25) is 0 Å². The first-order valence-corrected chi connectivity index (χ1v) is 5.97. The van der Waals surface area contributed by atoms with E-state index in [1.165, 1.54) is 4.88 Å². The molecule has 0 saturated heterocycles. The first-order chi connectivity index (χ1) is 7.66. The van der Waals surface area contributed by atoms with Crippen LogP contribution in [0.5, 0.6) is 0 Å². The van der Waals surface area contributed by atoms with Gasteiger partial charge in [-0.05, 0) is 31.5 Å². The molecule has 0 amide bonds. The van der Waals surface area contributed by atoms with Gasteiger partial charge in [-0.15, -0.1) is 11.3 Å². The fourth-order valence-corrected chi connectivity index (χ4v) is 2.63. The first kappa shape index (κ1) is 11.0. The molecule has 2 heterocycles. The lowest BCUT2D eigenvalue weighted by molar-refractivity contribution is 0.0993. The molecule has 0 N–H and O–H groups in total. The monoisotopic (exact) mass is 231 g/mol. The Morgan fingerprint density at radius 1 is 1.44 bits per heavy atom. The second-order valence-electron chi connectivity index (χ2n) is 3.79. The van der Waals surface area contributed by atoms with Crippen molar-refractivity contribution in [2.45, 2.75) is 20.3 Å².